The number of unbranched alkanes of at least 4 members (excludes halogenated alkanes) is 9. The maximum atomic E-state index is 12.8. The van der Waals surface area contributed by atoms with Gasteiger partial charge in [-0.15, -0.1) is 0 Å². The Kier molecular flexibility index (Phi) is 12.2. The third-order valence-corrected chi connectivity index (χ3v) is 14.6. The minimum absolute atomic E-state index is 0.0329. The lowest BCUT2D eigenvalue weighted by Crippen LogP contribution is -2.69. The zero-order chi connectivity index (χ0) is 35.6. The number of nitrogens with zero attached hydrogens (tertiary/aromatic N) is 1. The molecule has 9 unspecified atom stereocenters. The first-order valence-electron chi connectivity index (χ1n) is 20.5. The van der Waals surface area contributed by atoms with Gasteiger partial charge < -0.3 is 34.6 Å². The Morgan fingerprint density at radius 1 is 0.920 bits per heavy atom. The van der Waals surface area contributed by atoms with Crippen LogP contribution in [-0.2, 0) is 19.0 Å². The molecule has 0 aromatic carbocycles. The van der Waals surface area contributed by atoms with Gasteiger partial charge in [-0.3, -0.25) is 4.99 Å². The molecule has 0 spiro atoms. The van der Waals surface area contributed by atoms with Gasteiger partial charge in [0, 0.05) is 42.5 Å². The fourth-order valence-electron chi connectivity index (χ4n) is 11.7. The molecule has 12 atom stereocenters. The van der Waals surface area contributed by atoms with Crippen molar-refractivity contribution < 1.29 is 39.4 Å². The molecule has 4 aliphatic carbocycles. The summed E-state index contributed by atoms with van der Waals surface area (Å²) in [7, 11) is 0. The second kappa shape index (κ2) is 15.9. The summed E-state index contributed by atoms with van der Waals surface area (Å²) in [6, 6.07) is 0. The minimum atomic E-state index is -1.03. The number of ether oxygens (including phenoxy) is 3. The van der Waals surface area contributed by atoms with Gasteiger partial charge in [0.05, 0.1) is 29.5 Å². The van der Waals surface area contributed by atoms with Crippen molar-refractivity contribution in [1.82, 2.24) is 0 Å². The highest BCUT2D eigenvalue weighted by molar-refractivity contribution is 5.85. The SMILES string of the molecule is CCCCCCCCCCCCN=C[C@]12CCC(OC3CC(O)C(O)C(C)O3)CC1(O)CCC1[C@@H]2CCC2(C)[C@H](C3=CC(=O)OC3)CCC12O. The van der Waals surface area contributed by atoms with Gasteiger partial charge in [0.2, 0.25) is 0 Å². The van der Waals surface area contributed by atoms with Crippen molar-refractivity contribution in [1.29, 1.82) is 0 Å². The number of aliphatic hydroxyl groups excluding tert-OH is 2. The highest BCUT2D eigenvalue weighted by Gasteiger charge is 2.71. The molecule has 2 heterocycles. The van der Waals surface area contributed by atoms with E-state index in [1.54, 1.807) is 13.0 Å². The van der Waals surface area contributed by atoms with Crippen LogP contribution in [0, 0.1) is 28.6 Å². The van der Waals surface area contributed by atoms with Gasteiger partial charge in [0.1, 0.15) is 12.7 Å². The highest BCUT2D eigenvalue weighted by Crippen LogP contribution is 2.70. The fourth-order valence-corrected chi connectivity index (χ4v) is 11.7. The van der Waals surface area contributed by atoms with E-state index in [1.165, 1.54) is 57.8 Å². The van der Waals surface area contributed by atoms with Crippen LogP contribution < -0.4 is 0 Å². The lowest BCUT2D eigenvalue weighted by atomic mass is 9.41. The Morgan fingerprint density at radius 3 is 2.30 bits per heavy atom. The number of carbonyl (C=O) groups is 1. The minimum Gasteiger partial charge on any atom is -0.458 e. The van der Waals surface area contributed by atoms with Gasteiger partial charge in [-0.2, -0.15) is 0 Å². The van der Waals surface area contributed by atoms with E-state index >= 15 is 0 Å². The van der Waals surface area contributed by atoms with Crippen molar-refractivity contribution in [3.63, 3.8) is 0 Å². The first-order valence-corrected chi connectivity index (χ1v) is 20.5. The standard InChI is InChI=1S/C41H67NO8/c1-4-5-6-7-8-9-10-11-12-13-22-42-27-39-19-14-30(50-36-24-34(43)37(45)28(2)49-36)25-40(39,46)20-16-33-32(39)15-18-38(3)31(17-21-41(33,38)47)29-23-35(44)48-26-29/h23,27-28,30-34,36-37,43,45-47H,4-22,24-26H2,1-3H3/t28?,30?,31-,32-,33?,34?,36?,37?,38?,39-,40?,41?/m0/s1. The first kappa shape index (κ1) is 38.4. The average molecular weight is 702 g/mol. The Balaban J connectivity index is 1.15. The Labute approximate surface area is 300 Å². The highest BCUT2D eigenvalue weighted by atomic mass is 16.7. The van der Waals surface area contributed by atoms with Crippen LogP contribution in [0.15, 0.2) is 16.6 Å². The summed E-state index contributed by atoms with van der Waals surface area (Å²) < 4.78 is 17.7. The number of hydrogen-bond acceptors (Lipinski definition) is 9. The monoisotopic (exact) mass is 701 g/mol. The molecule has 0 amide bonds. The third-order valence-electron chi connectivity index (χ3n) is 14.6. The van der Waals surface area contributed by atoms with Crippen LogP contribution in [0.2, 0.25) is 0 Å². The largest absolute Gasteiger partial charge is 0.458 e. The molecular formula is C41H67NO8. The Hall–Kier alpha value is -1.36. The second-order valence-corrected chi connectivity index (χ2v) is 17.4. The van der Waals surface area contributed by atoms with Gasteiger partial charge in [-0.1, -0.05) is 71.6 Å². The van der Waals surface area contributed by atoms with Crippen molar-refractivity contribution in [3.05, 3.63) is 11.6 Å². The fraction of sp³-hybridized carbons (Fsp3) is 0.902. The normalized spacial score (nSPS) is 44.5. The van der Waals surface area contributed by atoms with Gasteiger partial charge in [-0.05, 0) is 88.0 Å². The van der Waals surface area contributed by atoms with Gasteiger partial charge in [-0.25, -0.2) is 4.79 Å². The van der Waals surface area contributed by atoms with Gasteiger partial charge in [0.25, 0.3) is 0 Å². The van der Waals surface area contributed by atoms with Gasteiger partial charge >= 0.3 is 5.97 Å². The van der Waals surface area contributed by atoms with E-state index in [-0.39, 0.29) is 41.7 Å². The molecule has 1 saturated heterocycles. The summed E-state index contributed by atoms with van der Waals surface area (Å²) in [5.74, 6) is -0.0252. The molecule has 9 nitrogen and oxygen atoms in total. The summed E-state index contributed by atoms with van der Waals surface area (Å²) in [6.45, 7) is 7.33. The number of carbonyl (C=O) groups excluding carboxylic acids is 1. The molecule has 0 bridgehead atoms. The summed E-state index contributed by atoms with van der Waals surface area (Å²) in [4.78, 5) is 17.1. The molecule has 9 heteroatoms. The molecule has 4 N–H and O–H groups in total. The number of esters is 1. The van der Waals surface area contributed by atoms with E-state index < -0.39 is 41.2 Å². The lowest BCUT2D eigenvalue weighted by molar-refractivity contribution is -0.282. The molecule has 0 aromatic rings. The van der Waals surface area contributed by atoms with E-state index in [9.17, 15) is 25.2 Å². The van der Waals surface area contributed by atoms with Crippen molar-refractivity contribution in [3.8, 4) is 0 Å². The summed E-state index contributed by atoms with van der Waals surface area (Å²) in [6.07, 6.45) is 20.0. The summed E-state index contributed by atoms with van der Waals surface area (Å²) in [5.41, 5.74) is -1.80. The smallest absolute Gasteiger partial charge is 0.331 e. The van der Waals surface area contributed by atoms with Crippen molar-refractivity contribution in [2.24, 2.45) is 33.6 Å². The van der Waals surface area contributed by atoms with E-state index in [2.05, 4.69) is 20.1 Å². The molecule has 284 valence electrons. The lowest BCUT2D eigenvalue weighted by Gasteiger charge is -2.66. The molecule has 0 aromatic heterocycles. The van der Waals surface area contributed by atoms with E-state index in [1.807, 2.05) is 0 Å². The van der Waals surface area contributed by atoms with Crippen LogP contribution in [-0.4, -0.2) is 87.7 Å². The molecule has 2 aliphatic heterocycles. The number of hydrogen-bond donors (Lipinski definition) is 4. The van der Waals surface area contributed by atoms with Crippen LogP contribution >= 0.6 is 0 Å². The van der Waals surface area contributed by atoms with E-state index in [0.717, 1.165) is 50.6 Å². The molecule has 50 heavy (non-hydrogen) atoms. The number of rotatable bonds is 15. The van der Waals surface area contributed by atoms with Crippen LogP contribution in [0.25, 0.3) is 0 Å². The summed E-state index contributed by atoms with van der Waals surface area (Å²) in [5, 5.41) is 46.2. The molecule has 6 aliphatic rings. The molecule has 6 rings (SSSR count). The topological polar surface area (TPSA) is 138 Å². The Bertz CT molecular complexity index is 1210. The van der Waals surface area contributed by atoms with Crippen molar-refractivity contribution >= 4 is 12.2 Å². The van der Waals surface area contributed by atoms with Crippen LogP contribution in [0.3, 0.4) is 0 Å². The first-order chi connectivity index (χ1) is 24.0. The number of aliphatic imine (C=N–C) groups is 1. The molecular weight excluding hydrogens is 634 g/mol. The third kappa shape index (κ3) is 7.26. The Morgan fingerprint density at radius 2 is 1.62 bits per heavy atom. The van der Waals surface area contributed by atoms with Crippen molar-refractivity contribution in [2.45, 2.75) is 191 Å². The predicted octanol–water partition coefficient (Wildman–Crippen LogP) is 6.57. The van der Waals surface area contributed by atoms with Crippen LogP contribution in [0.4, 0.5) is 0 Å². The zero-order valence-corrected chi connectivity index (χ0v) is 31.2. The number of fused-ring (bicyclic) bond motifs is 5. The van der Waals surface area contributed by atoms with Gasteiger partial charge in [0.15, 0.2) is 6.29 Å². The van der Waals surface area contributed by atoms with E-state index in [0.29, 0.717) is 32.3 Å². The van der Waals surface area contributed by atoms with Crippen LogP contribution in [0.5, 0.6) is 0 Å². The summed E-state index contributed by atoms with van der Waals surface area (Å²) >= 11 is 0. The quantitative estimate of drug-likeness (QED) is 0.0651. The van der Waals surface area contributed by atoms with Crippen molar-refractivity contribution in [2.75, 3.05) is 13.2 Å². The maximum Gasteiger partial charge on any atom is 0.331 e. The molecule has 0 radical (unpaired) electrons. The zero-order valence-electron chi connectivity index (χ0n) is 31.2. The maximum absolute atomic E-state index is 12.8. The second-order valence-electron chi connectivity index (χ2n) is 17.4. The predicted molar refractivity (Wildman–Crippen MR) is 193 cm³/mol. The molecule has 4 saturated carbocycles. The van der Waals surface area contributed by atoms with E-state index in [4.69, 9.17) is 19.2 Å². The molecule has 5 fully saturated rings. The number of aliphatic hydroxyl groups is 4. The van der Waals surface area contributed by atoms with Crippen LogP contribution in [0.1, 0.15) is 149 Å². The number of cyclic esters (lactones) is 1. The average Bonchev–Trinajstić information content (AvgIpc) is 3.63.